The summed E-state index contributed by atoms with van der Waals surface area (Å²) in [6, 6.07) is 0.699. The van der Waals surface area contributed by atoms with Gasteiger partial charge >= 0.3 is 0 Å². The van der Waals surface area contributed by atoms with Crippen molar-refractivity contribution in [2.24, 2.45) is 0 Å². The van der Waals surface area contributed by atoms with Gasteiger partial charge in [-0.15, -0.1) is 0 Å². The van der Waals surface area contributed by atoms with Crippen LogP contribution in [0.4, 0.5) is 0 Å². The normalized spacial score (nSPS) is 24.9. The molecule has 0 unspecified atom stereocenters. The Labute approximate surface area is 86.6 Å². The first-order valence-corrected chi connectivity index (χ1v) is 6.01. The first-order chi connectivity index (χ1) is 6.95. The Morgan fingerprint density at radius 3 is 2.57 bits per heavy atom. The van der Waals surface area contributed by atoms with Crippen LogP contribution in [-0.2, 0) is 4.74 Å². The summed E-state index contributed by atoms with van der Waals surface area (Å²) in [5.41, 5.74) is 0. The van der Waals surface area contributed by atoms with Crippen molar-refractivity contribution >= 4 is 0 Å². The molecule has 82 valence electrons. The second-order valence-corrected chi connectivity index (χ2v) is 4.44. The molecule has 0 radical (unpaired) electrons. The van der Waals surface area contributed by atoms with Crippen LogP contribution >= 0.6 is 0 Å². The monoisotopic (exact) mass is 198 g/mol. The number of hydrogen-bond donors (Lipinski definition) is 2. The standard InChI is InChI=1S/C11H22N2O/c1-2-4-11(5-3-1)14-7-6-13-10-8-12-9-10/h10-13H,1-9H2. The van der Waals surface area contributed by atoms with Gasteiger partial charge < -0.3 is 15.4 Å². The van der Waals surface area contributed by atoms with Crippen LogP contribution in [0.25, 0.3) is 0 Å². The Kier molecular flexibility index (Phi) is 4.22. The van der Waals surface area contributed by atoms with E-state index >= 15 is 0 Å². The van der Waals surface area contributed by atoms with Crippen molar-refractivity contribution in [1.29, 1.82) is 0 Å². The van der Waals surface area contributed by atoms with Crippen LogP contribution in [0.15, 0.2) is 0 Å². The van der Waals surface area contributed by atoms with Gasteiger partial charge in [-0.25, -0.2) is 0 Å². The third kappa shape index (κ3) is 3.23. The van der Waals surface area contributed by atoms with Gasteiger partial charge in [0.2, 0.25) is 0 Å². The van der Waals surface area contributed by atoms with E-state index in [4.69, 9.17) is 4.74 Å². The molecule has 1 saturated heterocycles. The predicted molar refractivity (Wildman–Crippen MR) is 57.5 cm³/mol. The maximum atomic E-state index is 5.82. The van der Waals surface area contributed by atoms with Gasteiger partial charge in [0.1, 0.15) is 0 Å². The summed E-state index contributed by atoms with van der Waals surface area (Å²) in [4.78, 5) is 0. The van der Waals surface area contributed by atoms with Crippen molar-refractivity contribution in [3.05, 3.63) is 0 Å². The van der Waals surface area contributed by atoms with E-state index in [1.54, 1.807) is 0 Å². The summed E-state index contributed by atoms with van der Waals surface area (Å²) in [6.45, 7) is 4.16. The summed E-state index contributed by atoms with van der Waals surface area (Å²) in [7, 11) is 0. The van der Waals surface area contributed by atoms with E-state index < -0.39 is 0 Å². The van der Waals surface area contributed by atoms with Gasteiger partial charge in [-0.05, 0) is 12.8 Å². The molecule has 1 aliphatic carbocycles. The number of rotatable bonds is 5. The van der Waals surface area contributed by atoms with E-state index in [1.807, 2.05) is 0 Å². The highest BCUT2D eigenvalue weighted by molar-refractivity contribution is 4.81. The van der Waals surface area contributed by atoms with Gasteiger partial charge in [-0.1, -0.05) is 19.3 Å². The Balaban J connectivity index is 1.45. The molecular weight excluding hydrogens is 176 g/mol. The van der Waals surface area contributed by atoms with Crippen LogP contribution in [0.1, 0.15) is 32.1 Å². The molecule has 2 fully saturated rings. The predicted octanol–water partition coefficient (Wildman–Crippen LogP) is 0.897. The lowest BCUT2D eigenvalue weighted by Crippen LogP contribution is -2.55. The number of ether oxygens (including phenoxy) is 1. The zero-order valence-electron chi connectivity index (χ0n) is 8.93. The van der Waals surface area contributed by atoms with E-state index in [2.05, 4.69) is 10.6 Å². The molecule has 0 aromatic rings. The van der Waals surface area contributed by atoms with Crippen LogP contribution in [0, 0.1) is 0 Å². The summed E-state index contributed by atoms with van der Waals surface area (Å²) >= 11 is 0. The van der Waals surface area contributed by atoms with Gasteiger partial charge in [-0.2, -0.15) is 0 Å². The number of hydrogen-bond acceptors (Lipinski definition) is 3. The summed E-state index contributed by atoms with van der Waals surface area (Å²) in [6.07, 6.45) is 7.27. The lowest BCUT2D eigenvalue weighted by Gasteiger charge is -2.28. The lowest BCUT2D eigenvalue weighted by atomic mass is 9.98. The molecule has 0 aromatic carbocycles. The first-order valence-electron chi connectivity index (χ1n) is 6.01. The zero-order chi connectivity index (χ0) is 9.64. The van der Waals surface area contributed by atoms with Crippen molar-refractivity contribution in [2.45, 2.75) is 44.2 Å². The molecule has 1 aliphatic heterocycles. The smallest absolute Gasteiger partial charge is 0.0594 e. The van der Waals surface area contributed by atoms with Crippen molar-refractivity contribution in [1.82, 2.24) is 10.6 Å². The molecule has 14 heavy (non-hydrogen) atoms. The molecule has 0 amide bonds. The Hall–Kier alpha value is -0.120. The maximum absolute atomic E-state index is 5.82. The lowest BCUT2D eigenvalue weighted by molar-refractivity contribution is 0.0287. The summed E-state index contributed by atoms with van der Waals surface area (Å²) in [5, 5.41) is 6.72. The molecule has 0 bridgehead atoms. The van der Waals surface area contributed by atoms with Gasteiger partial charge in [0, 0.05) is 25.7 Å². The van der Waals surface area contributed by atoms with Gasteiger partial charge in [-0.3, -0.25) is 0 Å². The highest BCUT2D eigenvalue weighted by Crippen LogP contribution is 2.19. The Morgan fingerprint density at radius 1 is 1.14 bits per heavy atom. The van der Waals surface area contributed by atoms with E-state index in [0.29, 0.717) is 12.1 Å². The van der Waals surface area contributed by atoms with Crippen LogP contribution in [-0.4, -0.2) is 38.4 Å². The molecular formula is C11H22N2O. The molecule has 3 heteroatoms. The van der Waals surface area contributed by atoms with Crippen LogP contribution in [0.3, 0.4) is 0 Å². The van der Waals surface area contributed by atoms with Crippen LogP contribution < -0.4 is 10.6 Å². The fraction of sp³-hybridized carbons (Fsp3) is 1.00. The highest BCUT2D eigenvalue weighted by atomic mass is 16.5. The Bertz CT molecular complexity index is 153. The minimum absolute atomic E-state index is 0.560. The largest absolute Gasteiger partial charge is 0.377 e. The minimum Gasteiger partial charge on any atom is -0.377 e. The molecule has 1 heterocycles. The van der Waals surface area contributed by atoms with E-state index in [1.165, 1.54) is 32.1 Å². The average Bonchev–Trinajstić information content (AvgIpc) is 2.16. The number of nitrogens with one attached hydrogen (secondary N) is 2. The second kappa shape index (κ2) is 5.69. The SMILES string of the molecule is C1CCC(OCCNC2CNC2)CC1. The van der Waals surface area contributed by atoms with Crippen molar-refractivity contribution in [3.8, 4) is 0 Å². The molecule has 2 N–H and O–H groups in total. The van der Waals surface area contributed by atoms with Crippen molar-refractivity contribution < 1.29 is 4.74 Å². The molecule has 0 spiro atoms. The van der Waals surface area contributed by atoms with Gasteiger partial charge in [0.05, 0.1) is 12.7 Å². The fourth-order valence-electron chi connectivity index (χ4n) is 2.15. The minimum atomic E-state index is 0.560. The van der Waals surface area contributed by atoms with Gasteiger partial charge in [0.25, 0.3) is 0 Å². The molecule has 2 rings (SSSR count). The molecule has 1 saturated carbocycles. The third-order valence-electron chi connectivity index (χ3n) is 3.22. The molecule has 2 aliphatic rings. The van der Waals surface area contributed by atoms with Gasteiger partial charge in [0.15, 0.2) is 0 Å². The molecule has 0 aromatic heterocycles. The first kappa shape index (κ1) is 10.4. The van der Waals surface area contributed by atoms with E-state index in [0.717, 1.165) is 26.2 Å². The highest BCUT2D eigenvalue weighted by Gasteiger charge is 2.16. The maximum Gasteiger partial charge on any atom is 0.0594 e. The van der Waals surface area contributed by atoms with Crippen molar-refractivity contribution in [3.63, 3.8) is 0 Å². The second-order valence-electron chi connectivity index (χ2n) is 4.44. The fourth-order valence-corrected chi connectivity index (χ4v) is 2.15. The summed E-state index contributed by atoms with van der Waals surface area (Å²) < 4.78 is 5.82. The Morgan fingerprint density at radius 2 is 1.93 bits per heavy atom. The summed E-state index contributed by atoms with van der Waals surface area (Å²) in [5.74, 6) is 0. The average molecular weight is 198 g/mol. The van der Waals surface area contributed by atoms with Crippen LogP contribution in [0.2, 0.25) is 0 Å². The quantitative estimate of drug-likeness (QED) is 0.644. The van der Waals surface area contributed by atoms with Crippen LogP contribution in [0.5, 0.6) is 0 Å². The third-order valence-corrected chi connectivity index (χ3v) is 3.22. The van der Waals surface area contributed by atoms with E-state index in [9.17, 15) is 0 Å². The zero-order valence-corrected chi connectivity index (χ0v) is 8.93. The van der Waals surface area contributed by atoms with E-state index in [-0.39, 0.29) is 0 Å². The topological polar surface area (TPSA) is 33.3 Å². The molecule has 0 atom stereocenters. The molecule has 3 nitrogen and oxygen atoms in total. The van der Waals surface area contributed by atoms with Crippen molar-refractivity contribution in [2.75, 3.05) is 26.2 Å².